The molecular weight excluding hydrogens is 408 g/mol. The first-order valence-electron chi connectivity index (χ1n) is 10.5. The van der Waals surface area contributed by atoms with Gasteiger partial charge in [0, 0.05) is 31.7 Å². The summed E-state index contributed by atoms with van der Waals surface area (Å²) in [7, 11) is 1.67. The zero-order chi connectivity index (χ0) is 20.9. The fourth-order valence-electron chi connectivity index (χ4n) is 5.18. The van der Waals surface area contributed by atoms with Crippen LogP contribution in [0.25, 0.3) is 11.1 Å². The number of aromatic nitrogens is 1. The van der Waals surface area contributed by atoms with E-state index in [0.29, 0.717) is 47.4 Å². The molecule has 2 N–H and O–H groups in total. The van der Waals surface area contributed by atoms with Gasteiger partial charge < -0.3 is 24.7 Å². The van der Waals surface area contributed by atoms with Gasteiger partial charge in [0.25, 0.3) is 5.89 Å². The Balaban J connectivity index is 1.56. The Morgan fingerprint density at radius 2 is 2.20 bits per heavy atom. The van der Waals surface area contributed by atoms with E-state index in [-0.39, 0.29) is 17.8 Å². The summed E-state index contributed by atoms with van der Waals surface area (Å²) in [5, 5.41) is 6.35. The summed E-state index contributed by atoms with van der Waals surface area (Å²) >= 11 is 6.53. The lowest BCUT2D eigenvalue weighted by molar-refractivity contribution is 0.0738. The van der Waals surface area contributed by atoms with Gasteiger partial charge in [-0.3, -0.25) is 4.79 Å². The zero-order valence-corrected chi connectivity index (χ0v) is 17.7. The van der Waals surface area contributed by atoms with E-state index in [4.69, 9.17) is 20.8 Å². The molecule has 1 aromatic carbocycles. The second kappa shape index (κ2) is 7.42. The molecule has 2 aliphatic heterocycles. The van der Waals surface area contributed by atoms with E-state index < -0.39 is 5.54 Å². The molecule has 8 nitrogen and oxygen atoms in total. The van der Waals surface area contributed by atoms with Crippen LogP contribution in [0.1, 0.15) is 54.8 Å². The van der Waals surface area contributed by atoms with Crippen molar-refractivity contribution in [3.8, 4) is 0 Å². The average molecular weight is 433 g/mol. The van der Waals surface area contributed by atoms with E-state index in [2.05, 4.69) is 15.6 Å². The number of urea groups is 1. The molecule has 0 unspecified atom stereocenters. The monoisotopic (exact) mass is 432 g/mol. The molecule has 160 valence electrons. The Kier molecular flexibility index (Phi) is 4.86. The number of halogens is 1. The molecular formula is C21H25ClN4O4. The number of nitrogens with one attached hydrogen (secondary N) is 2. The van der Waals surface area contributed by atoms with Crippen molar-refractivity contribution < 1.29 is 18.7 Å². The quantitative estimate of drug-likeness (QED) is 0.767. The first kappa shape index (κ1) is 19.6. The minimum absolute atomic E-state index is 0.0652. The molecule has 1 aromatic heterocycles. The van der Waals surface area contributed by atoms with Gasteiger partial charge in [-0.15, -0.1) is 0 Å². The topological polar surface area (TPSA) is 96.7 Å². The number of hydrogen-bond acceptors (Lipinski definition) is 5. The normalized spacial score (nSPS) is 22.8. The molecule has 1 atom stereocenters. The lowest BCUT2D eigenvalue weighted by atomic mass is 9.74. The van der Waals surface area contributed by atoms with Crippen LogP contribution in [0.5, 0.6) is 0 Å². The van der Waals surface area contributed by atoms with Crippen molar-refractivity contribution in [1.82, 2.24) is 15.2 Å². The maximum absolute atomic E-state index is 13.0. The van der Waals surface area contributed by atoms with Crippen LogP contribution in [-0.4, -0.2) is 48.6 Å². The third-order valence-corrected chi connectivity index (χ3v) is 6.87. The number of rotatable bonds is 3. The van der Waals surface area contributed by atoms with Crippen LogP contribution in [0, 0.1) is 5.92 Å². The lowest BCUT2D eigenvalue weighted by Crippen LogP contribution is -2.52. The first-order valence-corrected chi connectivity index (χ1v) is 10.9. The molecule has 1 spiro atoms. The number of fused-ring (bicyclic) bond motifs is 4. The number of amides is 3. The maximum Gasteiger partial charge on any atom is 0.319 e. The molecule has 0 bridgehead atoms. The Labute approximate surface area is 179 Å². The summed E-state index contributed by atoms with van der Waals surface area (Å²) in [4.78, 5) is 31.7. The van der Waals surface area contributed by atoms with Gasteiger partial charge in [-0.05, 0) is 25.3 Å². The van der Waals surface area contributed by atoms with E-state index >= 15 is 0 Å². The summed E-state index contributed by atoms with van der Waals surface area (Å²) in [6.45, 7) is 1.92. The SMILES string of the molecule is COC[C@H]1CCN(C(=O)c2nc3cc(Cl)c4c(c3o2)C2(CCCCC2)NC(=O)N4)C1. The third kappa shape index (κ3) is 3.13. The predicted molar refractivity (Wildman–Crippen MR) is 112 cm³/mol. The van der Waals surface area contributed by atoms with Crippen molar-refractivity contribution in [1.29, 1.82) is 0 Å². The van der Waals surface area contributed by atoms with E-state index in [9.17, 15) is 9.59 Å². The van der Waals surface area contributed by atoms with E-state index in [0.717, 1.165) is 44.1 Å². The van der Waals surface area contributed by atoms with E-state index in [1.807, 2.05) is 0 Å². The van der Waals surface area contributed by atoms with Crippen LogP contribution in [0.15, 0.2) is 10.5 Å². The smallest absolute Gasteiger partial charge is 0.319 e. The number of anilines is 1. The number of oxazole rings is 1. The number of hydrogen-bond donors (Lipinski definition) is 2. The van der Waals surface area contributed by atoms with Crippen LogP contribution in [0.4, 0.5) is 10.5 Å². The Morgan fingerprint density at radius 3 is 2.97 bits per heavy atom. The van der Waals surface area contributed by atoms with Gasteiger partial charge in [0.1, 0.15) is 5.52 Å². The molecule has 1 saturated heterocycles. The number of nitrogens with zero attached hydrogens (tertiary/aromatic N) is 2. The summed E-state index contributed by atoms with van der Waals surface area (Å²) in [6.07, 6.45) is 5.64. The summed E-state index contributed by atoms with van der Waals surface area (Å²) < 4.78 is 11.3. The molecule has 3 heterocycles. The molecule has 9 heteroatoms. The molecule has 30 heavy (non-hydrogen) atoms. The van der Waals surface area contributed by atoms with Gasteiger partial charge in [-0.2, -0.15) is 0 Å². The highest BCUT2D eigenvalue weighted by Gasteiger charge is 2.44. The number of methoxy groups -OCH3 is 1. The number of ether oxygens (including phenoxy) is 1. The number of likely N-dealkylation sites (tertiary alicyclic amines) is 1. The minimum Gasteiger partial charge on any atom is -0.432 e. The highest BCUT2D eigenvalue weighted by molar-refractivity contribution is 6.35. The van der Waals surface area contributed by atoms with Crippen molar-refractivity contribution in [3.05, 3.63) is 22.5 Å². The van der Waals surface area contributed by atoms with Crippen LogP contribution in [-0.2, 0) is 10.3 Å². The van der Waals surface area contributed by atoms with Crippen LogP contribution >= 0.6 is 11.6 Å². The van der Waals surface area contributed by atoms with Crippen molar-refractivity contribution in [3.63, 3.8) is 0 Å². The van der Waals surface area contributed by atoms with Crippen molar-refractivity contribution >= 4 is 40.3 Å². The lowest BCUT2D eigenvalue weighted by Gasteiger charge is -2.42. The Bertz CT molecular complexity index is 1010. The van der Waals surface area contributed by atoms with Gasteiger partial charge in [-0.25, -0.2) is 9.78 Å². The predicted octanol–water partition coefficient (Wildman–Crippen LogP) is 3.88. The van der Waals surface area contributed by atoms with Gasteiger partial charge in [0.05, 0.1) is 22.9 Å². The molecule has 3 amide bonds. The first-order chi connectivity index (χ1) is 14.5. The highest BCUT2D eigenvalue weighted by Crippen LogP contribution is 2.48. The molecule has 2 aromatic rings. The van der Waals surface area contributed by atoms with Crippen LogP contribution < -0.4 is 10.6 Å². The zero-order valence-electron chi connectivity index (χ0n) is 16.9. The second-order valence-electron chi connectivity index (χ2n) is 8.56. The van der Waals surface area contributed by atoms with Crippen molar-refractivity contribution in [2.45, 2.75) is 44.1 Å². The fraction of sp³-hybridized carbons (Fsp3) is 0.571. The Hall–Kier alpha value is -2.32. The number of carbonyl (C=O) groups is 2. The van der Waals surface area contributed by atoms with Gasteiger partial charge in [0.15, 0.2) is 5.58 Å². The largest absolute Gasteiger partial charge is 0.432 e. The molecule has 0 radical (unpaired) electrons. The standard InChI is InChI=1S/C21H25ClN4O4/c1-29-11-12-5-8-26(10-12)19(27)18-23-14-9-13(22)16-15(17(14)30-18)21(25-20(28)24-16)6-3-2-4-7-21/h9,12H,2-8,10-11H2,1H3,(H2,24,25,28)/t12-/m0/s1. The number of benzene rings is 1. The van der Waals surface area contributed by atoms with E-state index in [1.165, 1.54) is 0 Å². The van der Waals surface area contributed by atoms with Crippen molar-refractivity contribution in [2.24, 2.45) is 5.92 Å². The molecule has 1 aliphatic carbocycles. The molecule has 2 fully saturated rings. The summed E-state index contributed by atoms with van der Waals surface area (Å²) in [5.41, 5.74) is 1.90. The average Bonchev–Trinajstić information content (AvgIpc) is 3.35. The van der Waals surface area contributed by atoms with Crippen molar-refractivity contribution in [2.75, 3.05) is 32.1 Å². The van der Waals surface area contributed by atoms with E-state index in [1.54, 1.807) is 18.1 Å². The fourth-order valence-corrected chi connectivity index (χ4v) is 5.43. The van der Waals surface area contributed by atoms with Gasteiger partial charge >= 0.3 is 11.9 Å². The van der Waals surface area contributed by atoms with Gasteiger partial charge in [-0.1, -0.05) is 30.9 Å². The van der Waals surface area contributed by atoms with Crippen LogP contribution in [0.2, 0.25) is 5.02 Å². The Morgan fingerprint density at radius 1 is 1.40 bits per heavy atom. The second-order valence-corrected chi connectivity index (χ2v) is 8.97. The molecule has 3 aliphatic rings. The number of carbonyl (C=O) groups excluding carboxylic acids is 2. The molecule has 5 rings (SSSR count). The maximum atomic E-state index is 13.0. The molecule has 1 saturated carbocycles. The third-order valence-electron chi connectivity index (χ3n) is 6.57. The highest BCUT2D eigenvalue weighted by atomic mass is 35.5. The summed E-state index contributed by atoms with van der Waals surface area (Å²) in [6, 6.07) is 1.40. The minimum atomic E-state index is -0.546. The van der Waals surface area contributed by atoms with Gasteiger partial charge in [0.2, 0.25) is 0 Å². The summed E-state index contributed by atoms with van der Waals surface area (Å²) in [5.74, 6) is 0.172. The van der Waals surface area contributed by atoms with Crippen LogP contribution in [0.3, 0.4) is 0 Å².